The van der Waals surface area contributed by atoms with Gasteiger partial charge in [0.1, 0.15) is 0 Å². The largest absolute Gasteiger partial charge is 0.0622 e. The molecule has 0 bridgehead atoms. The number of hydrogen-bond donors (Lipinski definition) is 0. The molecule has 0 saturated heterocycles. The maximum absolute atomic E-state index is 6.00. The zero-order chi connectivity index (χ0) is 7.82. The van der Waals surface area contributed by atoms with Crippen LogP contribution in [0.3, 0.4) is 0 Å². The summed E-state index contributed by atoms with van der Waals surface area (Å²) < 4.78 is 0. The maximum atomic E-state index is 6.00. The molecule has 2 nitrogen and oxygen atoms in total. The smallest absolute Gasteiger partial charge is 0 e. The van der Waals surface area contributed by atoms with Gasteiger partial charge in [-0.1, -0.05) is 37.3 Å². The Bertz CT molecular complexity index is 179. The summed E-state index contributed by atoms with van der Waals surface area (Å²) >= 11 is 0. The van der Waals surface area contributed by atoms with Crippen LogP contribution in [0.1, 0.15) is 12.5 Å². The van der Waals surface area contributed by atoms with Gasteiger partial charge in [-0.3, -0.25) is 0 Å². The molecule has 0 aliphatic carbocycles. The highest BCUT2D eigenvalue weighted by molar-refractivity contribution is 5.13. The molecule has 0 fully saturated rings. The molecule has 0 atom stereocenters. The number of hydrogen-bond acceptors (Lipinski definition) is 2. The van der Waals surface area contributed by atoms with Gasteiger partial charge in [0.15, 0.2) is 0 Å². The fourth-order valence-corrected chi connectivity index (χ4v) is 0.714. The van der Waals surface area contributed by atoms with Crippen LogP contribution in [0, 0.1) is 10.8 Å². The van der Waals surface area contributed by atoms with Crippen molar-refractivity contribution in [2.75, 3.05) is 0 Å². The second kappa shape index (κ2) is 5.77. The summed E-state index contributed by atoms with van der Waals surface area (Å²) in [5, 5.41) is 12.0. The standard InChI is InChI=1S/C8H10.N2/c1-2-8-6-4-3-5-7-8;1-2/h3-7H,2H2,1H3;. The van der Waals surface area contributed by atoms with Gasteiger partial charge < -0.3 is 0 Å². The van der Waals surface area contributed by atoms with Crippen LogP contribution < -0.4 is 0 Å². The van der Waals surface area contributed by atoms with Crippen molar-refractivity contribution >= 4 is 0 Å². The van der Waals surface area contributed by atoms with Crippen LogP contribution in [0.15, 0.2) is 30.3 Å². The van der Waals surface area contributed by atoms with Crippen molar-refractivity contribution in [2.45, 2.75) is 13.3 Å². The Hall–Kier alpha value is -1.36. The highest BCUT2D eigenvalue weighted by atomic mass is 14.6. The fraction of sp³-hybridized carbons (Fsp3) is 0.250. The molecule has 0 amide bonds. The summed E-state index contributed by atoms with van der Waals surface area (Å²) in [5.74, 6) is 0. The number of rotatable bonds is 1. The monoisotopic (exact) mass is 134 g/mol. The molecular weight excluding hydrogens is 124 g/mol. The van der Waals surface area contributed by atoms with E-state index in [1.165, 1.54) is 5.56 Å². The molecule has 1 rings (SSSR count). The lowest BCUT2D eigenvalue weighted by Crippen LogP contribution is -1.73. The highest BCUT2D eigenvalue weighted by Crippen LogP contribution is 1.96. The van der Waals surface area contributed by atoms with Crippen LogP contribution in [0.25, 0.3) is 0 Å². The van der Waals surface area contributed by atoms with Gasteiger partial charge in [0.05, 0.1) is 0 Å². The zero-order valence-electron chi connectivity index (χ0n) is 5.99. The Morgan fingerprint density at radius 1 is 1.10 bits per heavy atom. The summed E-state index contributed by atoms with van der Waals surface area (Å²) in [6, 6.07) is 10.5. The molecule has 1 aromatic carbocycles. The van der Waals surface area contributed by atoms with E-state index in [0.717, 1.165) is 6.42 Å². The first kappa shape index (κ1) is 8.64. The Labute approximate surface area is 60.9 Å². The van der Waals surface area contributed by atoms with E-state index in [-0.39, 0.29) is 0 Å². The molecule has 2 heteroatoms. The molecular formula is C8H10N2. The summed E-state index contributed by atoms with van der Waals surface area (Å²) in [4.78, 5) is 0. The first-order chi connectivity index (χ1) is 4.93. The minimum Gasteiger partial charge on any atom is -0.0622 e. The van der Waals surface area contributed by atoms with E-state index < -0.39 is 0 Å². The average Bonchev–Trinajstić information content (AvgIpc) is 2.10. The van der Waals surface area contributed by atoms with Crippen molar-refractivity contribution in [3.05, 3.63) is 35.9 Å². The quantitative estimate of drug-likeness (QED) is 0.553. The van der Waals surface area contributed by atoms with Crippen LogP contribution in [-0.4, -0.2) is 0 Å². The lowest BCUT2D eigenvalue weighted by atomic mass is 10.2. The van der Waals surface area contributed by atoms with Crippen LogP contribution >= 0.6 is 0 Å². The molecule has 0 spiro atoms. The van der Waals surface area contributed by atoms with E-state index in [1.807, 2.05) is 6.07 Å². The van der Waals surface area contributed by atoms with Gasteiger partial charge in [-0.25, -0.2) is 0 Å². The molecule has 0 N–H and O–H groups in total. The third-order valence-electron chi connectivity index (χ3n) is 1.25. The summed E-state index contributed by atoms with van der Waals surface area (Å²) in [6.45, 7) is 2.16. The molecule has 0 radical (unpaired) electrons. The SMILES string of the molecule is CCc1ccccc1.N#N. The second-order valence-electron chi connectivity index (χ2n) is 1.84. The van der Waals surface area contributed by atoms with Crippen molar-refractivity contribution in [2.24, 2.45) is 0 Å². The molecule has 0 aromatic heterocycles. The van der Waals surface area contributed by atoms with Crippen molar-refractivity contribution in [3.8, 4) is 0 Å². The number of nitrogens with zero attached hydrogens (tertiary/aromatic N) is 2. The van der Waals surface area contributed by atoms with E-state index in [2.05, 4.69) is 31.2 Å². The average molecular weight is 134 g/mol. The third kappa shape index (κ3) is 2.83. The summed E-state index contributed by atoms with van der Waals surface area (Å²) in [5.41, 5.74) is 1.41. The Morgan fingerprint density at radius 2 is 1.60 bits per heavy atom. The van der Waals surface area contributed by atoms with Crippen LogP contribution in [0.5, 0.6) is 0 Å². The van der Waals surface area contributed by atoms with Crippen LogP contribution in [0.4, 0.5) is 0 Å². The van der Waals surface area contributed by atoms with Crippen molar-refractivity contribution in [1.82, 2.24) is 0 Å². The van der Waals surface area contributed by atoms with E-state index in [9.17, 15) is 0 Å². The van der Waals surface area contributed by atoms with Crippen molar-refractivity contribution < 1.29 is 0 Å². The fourth-order valence-electron chi connectivity index (χ4n) is 0.714. The van der Waals surface area contributed by atoms with Gasteiger partial charge in [0.2, 0.25) is 0 Å². The van der Waals surface area contributed by atoms with Gasteiger partial charge in [-0.2, -0.15) is 0 Å². The zero-order valence-corrected chi connectivity index (χ0v) is 5.99. The topological polar surface area (TPSA) is 47.6 Å². The minimum atomic E-state index is 1.14. The normalized spacial score (nSPS) is 7.50. The van der Waals surface area contributed by atoms with E-state index >= 15 is 0 Å². The minimum absolute atomic E-state index is 1.14. The molecule has 1 aromatic rings. The van der Waals surface area contributed by atoms with E-state index in [0.29, 0.717) is 0 Å². The molecule has 52 valence electrons. The van der Waals surface area contributed by atoms with Gasteiger partial charge in [0.25, 0.3) is 0 Å². The predicted molar refractivity (Wildman–Crippen MR) is 39.3 cm³/mol. The van der Waals surface area contributed by atoms with Crippen molar-refractivity contribution in [3.63, 3.8) is 0 Å². The Morgan fingerprint density at radius 3 is 1.90 bits per heavy atom. The van der Waals surface area contributed by atoms with Crippen LogP contribution in [0.2, 0.25) is 0 Å². The molecule has 0 heterocycles. The van der Waals surface area contributed by atoms with Gasteiger partial charge in [-0.15, -0.1) is 0 Å². The van der Waals surface area contributed by atoms with Crippen molar-refractivity contribution in [1.29, 1.82) is 10.8 Å². The first-order valence-corrected chi connectivity index (χ1v) is 3.17. The third-order valence-corrected chi connectivity index (χ3v) is 1.25. The predicted octanol–water partition coefficient (Wildman–Crippen LogP) is 2.28. The molecule has 10 heavy (non-hydrogen) atoms. The highest BCUT2D eigenvalue weighted by Gasteiger charge is 1.79. The Kier molecular flexibility index (Phi) is 4.99. The second-order valence-corrected chi connectivity index (χ2v) is 1.84. The molecule has 0 aliphatic heterocycles. The van der Waals surface area contributed by atoms with Crippen LogP contribution in [-0.2, 0) is 6.42 Å². The number of aryl methyl sites for hydroxylation is 1. The van der Waals surface area contributed by atoms with Gasteiger partial charge in [-0.05, 0) is 12.0 Å². The summed E-state index contributed by atoms with van der Waals surface area (Å²) in [6.07, 6.45) is 1.14. The maximum Gasteiger partial charge on any atom is 0 e. The lowest BCUT2D eigenvalue weighted by molar-refractivity contribution is 1.14. The first-order valence-electron chi connectivity index (χ1n) is 3.17. The number of benzene rings is 1. The lowest BCUT2D eigenvalue weighted by Gasteiger charge is -1.89. The Balaban J connectivity index is 0.000000371. The summed E-state index contributed by atoms with van der Waals surface area (Å²) in [7, 11) is 0. The van der Waals surface area contributed by atoms with E-state index in [1.54, 1.807) is 0 Å². The molecule has 0 aliphatic rings. The van der Waals surface area contributed by atoms with E-state index in [4.69, 9.17) is 10.8 Å². The molecule has 0 unspecified atom stereocenters. The van der Waals surface area contributed by atoms with Gasteiger partial charge >= 0.3 is 0 Å². The van der Waals surface area contributed by atoms with Gasteiger partial charge in [0, 0.05) is 10.8 Å². The molecule has 0 saturated carbocycles.